The van der Waals surface area contributed by atoms with Gasteiger partial charge in [-0.2, -0.15) is 0 Å². The highest BCUT2D eigenvalue weighted by molar-refractivity contribution is 6.30. The van der Waals surface area contributed by atoms with Crippen molar-refractivity contribution >= 4 is 23.6 Å². The first-order valence-electron chi connectivity index (χ1n) is 5.60. The van der Waals surface area contributed by atoms with E-state index in [1.807, 2.05) is 0 Å². The Morgan fingerprint density at radius 3 is 2.32 bits per heavy atom. The van der Waals surface area contributed by atoms with E-state index in [0.717, 1.165) is 5.56 Å². The summed E-state index contributed by atoms with van der Waals surface area (Å²) in [6, 6.07) is 4.61. The summed E-state index contributed by atoms with van der Waals surface area (Å²) in [6.45, 7) is 1.08. The van der Waals surface area contributed by atoms with Gasteiger partial charge in [-0.1, -0.05) is 23.7 Å². The molecule has 0 spiro atoms. The average molecular weight is 287 g/mol. The number of aliphatic hydroxyl groups excluding tert-OH is 1. The lowest BCUT2D eigenvalue weighted by molar-refractivity contribution is -0.140. The summed E-state index contributed by atoms with van der Waals surface area (Å²) in [6.07, 6.45) is 0. The van der Waals surface area contributed by atoms with Crippen LogP contribution in [0.1, 0.15) is 18.5 Å². The van der Waals surface area contributed by atoms with Crippen LogP contribution in [0.3, 0.4) is 0 Å². The summed E-state index contributed by atoms with van der Waals surface area (Å²) in [5.74, 6) is -1.29. The average Bonchev–Trinajstić information content (AvgIpc) is 2.36. The van der Waals surface area contributed by atoms with Crippen LogP contribution in [0.2, 0.25) is 5.02 Å². The predicted octanol–water partition coefficient (Wildman–Crippen LogP) is 1.15. The Morgan fingerprint density at radius 1 is 1.26 bits per heavy atom. The lowest BCUT2D eigenvalue weighted by atomic mass is 10.1. The van der Waals surface area contributed by atoms with E-state index >= 15 is 0 Å². The minimum absolute atomic E-state index is 0.314. The molecule has 0 aliphatic heterocycles. The normalized spacial score (nSPS) is 13.4. The molecule has 1 aromatic rings. The maximum absolute atomic E-state index is 11.5. The van der Waals surface area contributed by atoms with E-state index in [1.165, 1.54) is 0 Å². The van der Waals surface area contributed by atoms with Gasteiger partial charge in [0.05, 0.1) is 12.6 Å². The highest BCUT2D eigenvalue weighted by atomic mass is 35.5. The molecule has 2 atom stereocenters. The quantitative estimate of drug-likeness (QED) is 0.652. The number of hydrogen-bond donors (Lipinski definition) is 4. The van der Waals surface area contributed by atoms with Crippen molar-refractivity contribution in [3.05, 3.63) is 34.9 Å². The number of carboxylic acid groups (broad SMARTS) is 1. The fraction of sp³-hybridized carbons (Fsp3) is 0.333. The van der Waals surface area contributed by atoms with Crippen molar-refractivity contribution in [1.29, 1.82) is 0 Å². The highest BCUT2D eigenvalue weighted by Crippen LogP contribution is 2.15. The standard InChI is InChI=1S/C12H15ClN2O4/c1-7(8-2-4-9(13)5-3-8)14-12(19)15-10(6-16)11(17)18/h2-5,7,10,16H,6H2,1H3,(H,17,18)(H2,14,15,19)/t7?,10-/m0/s1. The monoisotopic (exact) mass is 286 g/mol. The number of hydrogen-bond acceptors (Lipinski definition) is 3. The number of carboxylic acids is 1. The summed E-state index contributed by atoms with van der Waals surface area (Å²) in [5.41, 5.74) is 0.829. The topological polar surface area (TPSA) is 98.7 Å². The van der Waals surface area contributed by atoms with Crippen molar-refractivity contribution < 1.29 is 19.8 Å². The van der Waals surface area contributed by atoms with E-state index < -0.39 is 24.6 Å². The second-order valence-electron chi connectivity index (χ2n) is 3.96. The van der Waals surface area contributed by atoms with E-state index in [1.54, 1.807) is 31.2 Å². The number of aliphatic carboxylic acids is 1. The Labute approximate surface area is 115 Å². The molecule has 19 heavy (non-hydrogen) atoms. The Hall–Kier alpha value is -1.79. The summed E-state index contributed by atoms with van der Waals surface area (Å²) in [7, 11) is 0. The number of halogens is 1. The van der Waals surface area contributed by atoms with E-state index in [2.05, 4.69) is 10.6 Å². The number of carbonyl (C=O) groups is 2. The first-order chi connectivity index (χ1) is 8.93. The van der Waals surface area contributed by atoms with Crippen LogP contribution < -0.4 is 10.6 Å². The van der Waals surface area contributed by atoms with Gasteiger partial charge in [-0.05, 0) is 24.6 Å². The summed E-state index contributed by atoms with van der Waals surface area (Å²) >= 11 is 5.75. The molecule has 2 amide bonds. The second-order valence-corrected chi connectivity index (χ2v) is 4.40. The number of rotatable bonds is 5. The number of urea groups is 1. The SMILES string of the molecule is CC(NC(=O)N[C@@H](CO)C(=O)O)c1ccc(Cl)cc1. The Balaban J connectivity index is 2.56. The molecule has 1 aromatic carbocycles. The summed E-state index contributed by atoms with van der Waals surface area (Å²) in [4.78, 5) is 22.2. The minimum atomic E-state index is -1.32. The third-order valence-electron chi connectivity index (χ3n) is 2.50. The molecular weight excluding hydrogens is 272 g/mol. The summed E-state index contributed by atoms with van der Waals surface area (Å²) < 4.78 is 0. The largest absolute Gasteiger partial charge is 0.480 e. The zero-order valence-corrected chi connectivity index (χ0v) is 11.0. The van der Waals surface area contributed by atoms with Gasteiger partial charge in [0, 0.05) is 5.02 Å². The van der Waals surface area contributed by atoms with E-state index in [-0.39, 0.29) is 6.04 Å². The predicted molar refractivity (Wildman–Crippen MR) is 70.0 cm³/mol. The van der Waals surface area contributed by atoms with E-state index in [9.17, 15) is 9.59 Å². The van der Waals surface area contributed by atoms with Crippen LogP contribution in [-0.4, -0.2) is 34.9 Å². The van der Waals surface area contributed by atoms with Crippen molar-refractivity contribution in [3.8, 4) is 0 Å². The Morgan fingerprint density at radius 2 is 1.84 bits per heavy atom. The third-order valence-corrected chi connectivity index (χ3v) is 2.76. The smallest absolute Gasteiger partial charge is 0.328 e. The number of nitrogens with one attached hydrogen (secondary N) is 2. The van der Waals surface area contributed by atoms with Crippen LogP contribution in [-0.2, 0) is 4.79 Å². The lowest BCUT2D eigenvalue weighted by Crippen LogP contribution is -2.48. The highest BCUT2D eigenvalue weighted by Gasteiger charge is 2.19. The lowest BCUT2D eigenvalue weighted by Gasteiger charge is -2.17. The van der Waals surface area contributed by atoms with Crippen LogP contribution in [0.15, 0.2) is 24.3 Å². The van der Waals surface area contributed by atoms with Gasteiger partial charge in [-0.15, -0.1) is 0 Å². The molecule has 0 aromatic heterocycles. The molecule has 7 heteroatoms. The molecule has 0 bridgehead atoms. The molecule has 0 fully saturated rings. The van der Waals surface area contributed by atoms with Gasteiger partial charge in [-0.25, -0.2) is 9.59 Å². The van der Waals surface area contributed by atoms with Crippen molar-refractivity contribution in [3.63, 3.8) is 0 Å². The first-order valence-corrected chi connectivity index (χ1v) is 5.98. The fourth-order valence-corrected chi connectivity index (χ4v) is 1.54. The molecule has 6 nitrogen and oxygen atoms in total. The molecule has 0 heterocycles. The van der Waals surface area contributed by atoms with Gasteiger partial charge in [-0.3, -0.25) is 0 Å². The van der Waals surface area contributed by atoms with Crippen LogP contribution in [0.25, 0.3) is 0 Å². The molecule has 0 aliphatic carbocycles. The van der Waals surface area contributed by atoms with Crippen LogP contribution in [0.5, 0.6) is 0 Å². The summed E-state index contributed by atoms with van der Waals surface area (Å²) in [5, 5.41) is 22.8. The zero-order chi connectivity index (χ0) is 14.4. The van der Waals surface area contributed by atoms with Gasteiger partial charge in [0.15, 0.2) is 6.04 Å². The zero-order valence-electron chi connectivity index (χ0n) is 10.3. The molecule has 4 N–H and O–H groups in total. The molecular formula is C12H15ClN2O4. The van der Waals surface area contributed by atoms with Crippen molar-refractivity contribution in [1.82, 2.24) is 10.6 Å². The molecule has 104 valence electrons. The molecule has 0 saturated carbocycles. The molecule has 1 rings (SSSR count). The van der Waals surface area contributed by atoms with Gasteiger partial charge < -0.3 is 20.8 Å². The van der Waals surface area contributed by atoms with Crippen LogP contribution in [0.4, 0.5) is 4.79 Å². The number of aliphatic hydroxyl groups is 1. The first kappa shape index (κ1) is 15.3. The molecule has 1 unspecified atom stereocenters. The maximum Gasteiger partial charge on any atom is 0.328 e. The Bertz CT molecular complexity index is 450. The van der Waals surface area contributed by atoms with Crippen molar-refractivity contribution in [2.45, 2.75) is 19.0 Å². The maximum atomic E-state index is 11.5. The fourth-order valence-electron chi connectivity index (χ4n) is 1.42. The Kier molecular flexibility index (Phi) is 5.59. The van der Waals surface area contributed by atoms with E-state index in [4.69, 9.17) is 21.8 Å². The minimum Gasteiger partial charge on any atom is -0.480 e. The van der Waals surface area contributed by atoms with Crippen LogP contribution in [0, 0.1) is 0 Å². The molecule has 0 aliphatic rings. The van der Waals surface area contributed by atoms with Gasteiger partial charge in [0.2, 0.25) is 0 Å². The number of amides is 2. The van der Waals surface area contributed by atoms with Crippen LogP contribution >= 0.6 is 11.6 Å². The van der Waals surface area contributed by atoms with Crippen molar-refractivity contribution in [2.75, 3.05) is 6.61 Å². The van der Waals surface area contributed by atoms with Gasteiger partial charge in [0.25, 0.3) is 0 Å². The number of benzene rings is 1. The molecule has 0 saturated heterocycles. The second kappa shape index (κ2) is 6.96. The third kappa shape index (κ3) is 4.76. The number of carbonyl (C=O) groups excluding carboxylic acids is 1. The van der Waals surface area contributed by atoms with Gasteiger partial charge >= 0.3 is 12.0 Å². The molecule has 0 radical (unpaired) electrons. The van der Waals surface area contributed by atoms with Crippen molar-refractivity contribution in [2.24, 2.45) is 0 Å². The van der Waals surface area contributed by atoms with Gasteiger partial charge in [0.1, 0.15) is 0 Å². The van der Waals surface area contributed by atoms with E-state index in [0.29, 0.717) is 5.02 Å².